The fraction of sp³-hybridized carbons (Fsp3) is 0.290. The van der Waals surface area contributed by atoms with Crippen molar-refractivity contribution in [1.29, 1.82) is 5.26 Å². The van der Waals surface area contributed by atoms with E-state index >= 15 is 0 Å². The van der Waals surface area contributed by atoms with Gasteiger partial charge in [-0.2, -0.15) is 5.26 Å². The van der Waals surface area contributed by atoms with Crippen LogP contribution in [0.2, 0.25) is 0 Å². The first-order chi connectivity index (χ1) is 17.8. The highest BCUT2D eigenvalue weighted by Crippen LogP contribution is 2.46. The van der Waals surface area contributed by atoms with Crippen LogP contribution in [0.5, 0.6) is 11.5 Å². The molecule has 0 saturated heterocycles. The number of carbonyl (C=O) groups excluding carboxylic acids is 1. The number of aliphatic hydroxyl groups excluding tert-OH is 1. The molecule has 5 rings (SSSR count). The maximum atomic E-state index is 12.3. The van der Waals surface area contributed by atoms with Gasteiger partial charge in [-0.25, -0.2) is 0 Å². The van der Waals surface area contributed by atoms with Gasteiger partial charge in [0.05, 0.1) is 13.0 Å². The summed E-state index contributed by atoms with van der Waals surface area (Å²) >= 11 is 0. The van der Waals surface area contributed by atoms with Gasteiger partial charge in [0.25, 0.3) is 0 Å². The number of nitriles is 1. The molecule has 0 fully saturated rings. The summed E-state index contributed by atoms with van der Waals surface area (Å²) in [6.07, 6.45) is 2.84. The molecule has 1 aliphatic heterocycles. The van der Waals surface area contributed by atoms with Crippen LogP contribution >= 0.6 is 0 Å². The number of hydrogen-bond donors (Lipinski definition) is 2. The first-order valence-corrected chi connectivity index (χ1v) is 12.4. The lowest BCUT2D eigenvalue weighted by atomic mass is 9.78. The standard InChI is InChI=1S/C29H26N2O3.C2H6O/c1-29(2)15-20(14-21(32)16-29)31-28-24(17-30)26(19-8-11-22(33-3)12-9-19)27-23-7-5-4-6-18(23)10-13-25(27)34-28;1-2-3/h4-14,26,31H,15-16H2,1-3H3;3H,2H2,1H3. The zero-order valence-corrected chi connectivity index (χ0v) is 21.7. The predicted octanol–water partition coefficient (Wildman–Crippen LogP) is 5.97. The second kappa shape index (κ2) is 10.9. The largest absolute Gasteiger partial charge is 0.497 e. The molecule has 1 atom stereocenters. The summed E-state index contributed by atoms with van der Waals surface area (Å²) < 4.78 is 11.7. The van der Waals surface area contributed by atoms with Gasteiger partial charge >= 0.3 is 0 Å². The number of allylic oxidation sites excluding steroid dienone is 3. The Balaban J connectivity index is 0.00000102. The fourth-order valence-corrected chi connectivity index (χ4v) is 5.01. The monoisotopic (exact) mass is 496 g/mol. The second-order valence-corrected chi connectivity index (χ2v) is 9.96. The van der Waals surface area contributed by atoms with Crippen molar-refractivity contribution in [1.82, 2.24) is 5.32 Å². The van der Waals surface area contributed by atoms with Crippen molar-refractivity contribution in [3.8, 4) is 17.6 Å². The highest BCUT2D eigenvalue weighted by Gasteiger charge is 2.35. The van der Waals surface area contributed by atoms with Crippen LogP contribution in [0.4, 0.5) is 0 Å². The minimum atomic E-state index is -0.332. The Morgan fingerprint density at radius 3 is 2.46 bits per heavy atom. The Hall–Kier alpha value is -4.08. The van der Waals surface area contributed by atoms with Crippen molar-refractivity contribution in [2.45, 2.75) is 39.5 Å². The lowest BCUT2D eigenvalue weighted by Gasteiger charge is -2.33. The molecule has 6 heteroatoms. The molecule has 3 aromatic carbocycles. The zero-order chi connectivity index (χ0) is 26.6. The lowest BCUT2D eigenvalue weighted by molar-refractivity contribution is -0.117. The number of nitrogens with zero attached hydrogens (tertiary/aromatic N) is 1. The maximum Gasteiger partial charge on any atom is 0.212 e. The summed E-state index contributed by atoms with van der Waals surface area (Å²) in [6.45, 7) is 6.07. The molecule has 2 N–H and O–H groups in total. The van der Waals surface area contributed by atoms with E-state index < -0.39 is 0 Å². The third kappa shape index (κ3) is 5.52. The Morgan fingerprint density at radius 1 is 1.11 bits per heavy atom. The summed E-state index contributed by atoms with van der Waals surface area (Å²) in [5.41, 5.74) is 3.01. The average Bonchev–Trinajstić information content (AvgIpc) is 2.87. The van der Waals surface area contributed by atoms with Gasteiger partial charge in [-0.3, -0.25) is 4.79 Å². The summed E-state index contributed by atoms with van der Waals surface area (Å²) in [4.78, 5) is 12.3. The average molecular weight is 497 g/mol. The van der Waals surface area contributed by atoms with E-state index in [1.807, 2.05) is 48.5 Å². The van der Waals surface area contributed by atoms with Crippen LogP contribution in [-0.2, 0) is 4.79 Å². The highest BCUT2D eigenvalue weighted by molar-refractivity contribution is 5.92. The number of hydrogen-bond acceptors (Lipinski definition) is 6. The number of benzene rings is 3. The Morgan fingerprint density at radius 2 is 1.81 bits per heavy atom. The summed E-state index contributed by atoms with van der Waals surface area (Å²) in [5.74, 6) is 1.57. The molecule has 0 radical (unpaired) electrons. The minimum absolute atomic E-state index is 0.0757. The molecule has 1 aliphatic carbocycles. The summed E-state index contributed by atoms with van der Waals surface area (Å²) in [5, 5.41) is 23.3. The van der Waals surface area contributed by atoms with Crippen LogP contribution in [0.3, 0.4) is 0 Å². The van der Waals surface area contributed by atoms with E-state index in [0.717, 1.165) is 33.3 Å². The zero-order valence-electron chi connectivity index (χ0n) is 21.7. The molecule has 0 spiro atoms. The van der Waals surface area contributed by atoms with Gasteiger partial charge < -0.3 is 19.9 Å². The van der Waals surface area contributed by atoms with Gasteiger partial charge in [0.1, 0.15) is 23.1 Å². The van der Waals surface area contributed by atoms with E-state index in [1.165, 1.54) is 0 Å². The number of aliphatic hydroxyl groups is 1. The molecular weight excluding hydrogens is 464 g/mol. The van der Waals surface area contributed by atoms with Crippen molar-refractivity contribution in [2.75, 3.05) is 13.7 Å². The topological polar surface area (TPSA) is 91.6 Å². The van der Waals surface area contributed by atoms with E-state index in [-0.39, 0.29) is 23.7 Å². The second-order valence-electron chi connectivity index (χ2n) is 9.96. The van der Waals surface area contributed by atoms with E-state index in [4.69, 9.17) is 14.6 Å². The van der Waals surface area contributed by atoms with Crippen LogP contribution < -0.4 is 14.8 Å². The Kier molecular flexibility index (Phi) is 7.66. The van der Waals surface area contributed by atoms with E-state index in [0.29, 0.717) is 30.0 Å². The molecule has 1 heterocycles. The van der Waals surface area contributed by atoms with Crippen molar-refractivity contribution in [2.24, 2.45) is 5.41 Å². The quantitative estimate of drug-likeness (QED) is 0.462. The summed E-state index contributed by atoms with van der Waals surface area (Å²) in [7, 11) is 1.63. The normalized spacial score (nSPS) is 18.0. The van der Waals surface area contributed by atoms with Crippen LogP contribution in [-0.4, -0.2) is 24.6 Å². The number of carbonyl (C=O) groups is 1. The predicted molar refractivity (Wildman–Crippen MR) is 144 cm³/mol. The van der Waals surface area contributed by atoms with E-state index in [2.05, 4.69) is 37.4 Å². The molecule has 37 heavy (non-hydrogen) atoms. The molecule has 0 bridgehead atoms. The van der Waals surface area contributed by atoms with Crippen molar-refractivity contribution < 1.29 is 19.4 Å². The first kappa shape index (κ1) is 26.0. The molecule has 2 aliphatic rings. The number of ether oxygens (including phenoxy) is 2. The van der Waals surface area contributed by atoms with Gasteiger partial charge in [0.2, 0.25) is 5.88 Å². The third-order valence-electron chi connectivity index (χ3n) is 6.47. The SMILES string of the molecule is CCO.COc1ccc(C2C(C#N)=C(NC3=CC(=O)CC(C)(C)C3)Oc3ccc4ccccc4c32)cc1. The Labute approximate surface area is 217 Å². The van der Waals surface area contributed by atoms with Gasteiger partial charge in [-0.1, -0.05) is 56.3 Å². The van der Waals surface area contributed by atoms with E-state index in [9.17, 15) is 10.1 Å². The van der Waals surface area contributed by atoms with Crippen LogP contribution in [0.15, 0.2) is 83.9 Å². The number of nitrogens with one attached hydrogen (secondary N) is 1. The van der Waals surface area contributed by atoms with Crippen molar-refractivity contribution >= 4 is 16.6 Å². The number of ketones is 1. The van der Waals surface area contributed by atoms with Gasteiger partial charge in [-0.05, 0) is 53.3 Å². The van der Waals surface area contributed by atoms with Gasteiger partial charge in [0, 0.05) is 30.4 Å². The molecule has 3 aromatic rings. The number of fused-ring (bicyclic) bond motifs is 3. The minimum Gasteiger partial charge on any atom is -0.497 e. The molecule has 6 nitrogen and oxygen atoms in total. The van der Waals surface area contributed by atoms with Crippen LogP contribution in [0, 0.1) is 16.7 Å². The molecule has 0 aromatic heterocycles. The van der Waals surface area contributed by atoms with Crippen molar-refractivity contribution in [3.63, 3.8) is 0 Å². The maximum absolute atomic E-state index is 12.3. The molecule has 0 amide bonds. The molecule has 190 valence electrons. The third-order valence-corrected chi connectivity index (χ3v) is 6.47. The molecular formula is C31H32N2O4. The van der Waals surface area contributed by atoms with Gasteiger partial charge in [0.15, 0.2) is 5.78 Å². The molecule has 0 saturated carbocycles. The molecule has 1 unspecified atom stereocenters. The van der Waals surface area contributed by atoms with Crippen LogP contribution in [0.1, 0.15) is 50.7 Å². The van der Waals surface area contributed by atoms with Gasteiger partial charge in [-0.15, -0.1) is 0 Å². The highest BCUT2D eigenvalue weighted by atomic mass is 16.5. The van der Waals surface area contributed by atoms with E-state index in [1.54, 1.807) is 20.1 Å². The number of rotatable bonds is 4. The fourth-order valence-electron chi connectivity index (χ4n) is 5.01. The Bertz CT molecular complexity index is 1410. The lowest BCUT2D eigenvalue weighted by Crippen LogP contribution is -2.31. The smallest absolute Gasteiger partial charge is 0.212 e. The number of methoxy groups -OCH3 is 1. The first-order valence-electron chi connectivity index (χ1n) is 12.4. The van der Waals surface area contributed by atoms with Crippen molar-refractivity contribution in [3.05, 3.63) is 95.0 Å². The van der Waals surface area contributed by atoms with Crippen LogP contribution in [0.25, 0.3) is 10.8 Å². The summed E-state index contributed by atoms with van der Waals surface area (Å²) in [6, 6.07) is 22.3.